The third-order valence-corrected chi connectivity index (χ3v) is 9.77. The summed E-state index contributed by atoms with van der Waals surface area (Å²) in [6.07, 6.45) is 4.88. The van der Waals surface area contributed by atoms with Crippen molar-refractivity contribution in [1.29, 1.82) is 0 Å². The van der Waals surface area contributed by atoms with Crippen molar-refractivity contribution in [2.75, 3.05) is 0 Å². The molecule has 0 aliphatic heterocycles. The van der Waals surface area contributed by atoms with Crippen LogP contribution in [0, 0.1) is 38.8 Å². The number of pyridine rings is 1. The number of nitrogens with zero attached hydrogens (tertiary/aromatic N) is 4. The Kier molecular flexibility index (Phi) is 10.7. The van der Waals surface area contributed by atoms with Gasteiger partial charge in [-0.15, -0.1) is 41.3 Å². The van der Waals surface area contributed by atoms with E-state index in [2.05, 4.69) is 156 Å². The number of ether oxygens (including phenoxy) is 1. The average molecular weight is 868 g/mol. The number of rotatable bonds is 9. The van der Waals surface area contributed by atoms with Crippen LogP contribution in [-0.2, 0) is 39.3 Å². The van der Waals surface area contributed by atoms with Gasteiger partial charge in [0.15, 0.2) is 0 Å². The monoisotopic (exact) mass is 867 g/mol. The van der Waals surface area contributed by atoms with Gasteiger partial charge in [-0.2, -0.15) is 11.2 Å². The van der Waals surface area contributed by atoms with E-state index in [-0.39, 0.29) is 26.5 Å². The SMILES string of the molecule is CCCc1ccnc(-n2c3[c-]c(Oc4[c-]c(-n5nc(C)c(-c6c(C)cccc6C)c5CC(C)C)cc(C(C)(C)C)c4)ccc3c3ccccc32)c1.[Pt+2]. The van der Waals surface area contributed by atoms with E-state index in [4.69, 9.17) is 14.8 Å². The molecule has 268 valence electrons. The number of fused-ring (bicyclic) bond motifs is 3. The molecule has 0 spiro atoms. The summed E-state index contributed by atoms with van der Waals surface area (Å²) < 4.78 is 11.0. The van der Waals surface area contributed by atoms with Crippen LogP contribution >= 0.6 is 0 Å². The van der Waals surface area contributed by atoms with Gasteiger partial charge in [0, 0.05) is 28.8 Å². The summed E-state index contributed by atoms with van der Waals surface area (Å²) in [6, 6.07) is 35.1. The Morgan fingerprint density at radius 1 is 0.808 bits per heavy atom. The van der Waals surface area contributed by atoms with E-state index < -0.39 is 0 Å². The summed E-state index contributed by atoms with van der Waals surface area (Å²) in [4.78, 5) is 4.82. The first-order valence-corrected chi connectivity index (χ1v) is 18.2. The van der Waals surface area contributed by atoms with Crippen LogP contribution in [-0.4, -0.2) is 19.3 Å². The van der Waals surface area contributed by atoms with Gasteiger partial charge in [0.05, 0.1) is 11.4 Å². The van der Waals surface area contributed by atoms with Crippen LogP contribution in [0.5, 0.6) is 11.5 Å². The van der Waals surface area contributed by atoms with Gasteiger partial charge in [0.1, 0.15) is 5.82 Å². The molecule has 7 aromatic rings. The molecular formula is C46H48N4OPt. The summed E-state index contributed by atoms with van der Waals surface area (Å²) in [7, 11) is 0. The Labute approximate surface area is 323 Å². The van der Waals surface area contributed by atoms with Gasteiger partial charge in [-0.1, -0.05) is 89.9 Å². The topological polar surface area (TPSA) is 44.9 Å². The standard InChI is InChI=1S/C46H48N4O.Pt/c1-10-14-33-21-22-47-43(24-33)49-40-18-12-11-17-38(40)39-20-19-36(28-41(39)49)51-37-26-34(46(7,8)9)25-35(27-37)50-42(23-29(2)3)45(32(6)48-50)44-30(4)15-13-16-31(44)5;/h11-13,15-22,24-26,29H,10,14,23H2,1-9H3;/q-2;+2. The van der Waals surface area contributed by atoms with Crippen molar-refractivity contribution < 1.29 is 25.8 Å². The first-order chi connectivity index (χ1) is 24.4. The van der Waals surface area contributed by atoms with Gasteiger partial charge in [-0.3, -0.25) is 4.68 Å². The molecule has 0 N–H and O–H groups in total. The van der Waals surface area contributed by atoms with Crippen molar-refractivity contribution >= 4 is 21.8 Å². The van der Waals surface area contributed by atoms with Crippen LogP contribution in [0.4, 0.5) is 0 Å². The van der Waals surface area contributed by atoms with Gasteiger partial charge < -0.3 is 9.30 Å². The third-order valence-electron chi connectivity index (χ3n) is 9.77. The molecule has 7 rings (SSSR count). The average Bonchev–Trinajstić information content (AvgIpc) is 3.58. The Bertz CT molecular complexity index is 2370. The molecule has 0 atom stereocenters. The quantitative estimate of drug-likeness (QED) is 0.136. The Balaban J connectivity index is 0.00000464. The van der Waals surface area contributed by atoms with Crippen molar-refractivity contribution in [2.24, 2.45) is 5.92 Å². The molecule has 0 amide bonds. The molecule has 3 heterocycles. The minimum atomic E-state index is -0.132. The number of hydrogen-bond acceptors (Lipinski definition) is 3. The van der Waals surface area contributed by atoms with Crippen LogP contribution in [0.25, 0.3) is 44.4 Å². The van der Waals surface area contributed by atoms with Crippen LogP contribution in [0.1, 0.15) is 81.6 Å². The van der Waals surface area contributed by atoms with Gasteiger partial charge in [0.25, 0.3) is 0 Å². The summed E-state index contributed by atoms with van der Waals surface area (Å²) in [5.74, 6) is 2.58. The summed E-state index contributed by atoms with van der Waals surface area (Å²) in [6.45, 7) is 20.0. The van der Waals surface area contributed by atoms with E-state index >= 15 is 0 Å². The number of hydrogen-bond donors (Lipinski definition) is 0. The molecule has 0 fully saturated rings. The molecule has 3 aromatic heterocycles. The molecule has 0 unspecified atom stereocenters. The van der Waals surface area contributed by atoms with Crippen LogP contribution < -0.4 is 4.74 Å². The van der Waals surface area contributed by atoms with E-state index in [0.717, 1.165) is 63.8 Å². The fraction of sp³-hybridized carbons (Fsp3) is 0.304. The number of aromatic nitrogens is 4. The second-order valence-electron chi connectivity index (χ2n) is 15.4. The van der Waals surface area contributed by atoms with Gasteiger partial charge in [-0.25, -0.2) is 4.98 Å². The summed E-state index contributed by atoms with van der Waals surface area (Å²) in [5.41, 5.74) is 12.4. The van der Waals surface area contributed by atoms with Crippen LogP contribution in [0.3, 0.4) is 0 Å². The Morgan fingerprint density at radius 3 is 2.27 bits per heavy atom. The van der Waals surface area contributed by atoms with E-state index in [1.807, 2.05) is 12.3 Å². The molecule has 6 heteroatoms. The maximum absolute atomic E-state index is 6.73. The fourth-order valence-corrected chi connectivity index (χ4v) is 7.33. The maximum Gasteiger partial charge on any atom is 2.00 e. The number of benzene rings is 4. The molecule has 0 aliphatic carbocycles. The van der Waals surface area contributed by atoms with E-state index in [9.17, 15) is 0 Å². The van der Waals surface area contributed by atoms with Gasteiger partial charge >= 0.3 is 21.1 Å². The molecular weight excluding hydrogens is 820 g/mol. The fourth-order valence-electron chi connectivity index (χ4n) is 7.33. The maximum atomic E-state index is 6.73. The predicted octanol–water partition coefficient (Wildman–Crippen LogP) is 11.8. The first-order valence-electron chi connectivity index (χ1n) is 18.2. The largest absolute Gasteiger partial charge is 2.00 e. The predicted molar refractivity (Wildman–Crippen MR) is 211 cm³/mol. The Morgan fingerprint density at radius 2 is 1.56 bits per heavy atom. The second-order valence-corrected chi connectivity index (χ2v) is 15.4. The normalized spacial score (nSPS) is 11.8. The minimum absolute atomic E-state index is 0. The van der Waals surface area contributed by atoms with Crippen molar-refractivity contribution in [3.8, 4) is 34.1 Å². The van der Waals surface area contributed by atoms with Crippen LogP contribution in [0.2, 0.25) is 0 Å². The van der Waals surface area contributed by atoms with E-state index in [1.165, 1.54) is 33.5 Å². The zero-order valence-corrected chi connectivity index (χ0v) is 34.1. The van der Waals surface area contributed by atoms with Crippen molar-refractivity contribution in [2.45, 2.75) is 87.0 Å². The molecule has 0 saturated heterocycles. The van der Waals surface area contributed by atoms with Crippen molar-refractivity contribution in [3.63, 3.8) is 0 Å². The number of aryl methyl sites for hydroxylation is 4. The summed E-state index contributed by atoms with van der Waals surface area (Å²) in [5, 5.41) is 7.48. The van der Waals surface area contributed by atoms with Gasteiger partial charge in [0.2, 0.25) is 0 Å². The second kappa shape index (κ2) is 14.9. The molecule has 0 aliphatic rings. The van der Waals surface area contributed by atoms with E-state index in [1.54, 1.807) is 0 Å². The van der Waals surface area contributed by atoms with Crippen molar-refractivity contribution in [1.82, 2.24) is 19.3 Å². The zero-order chi connectivity index (χ0) is 36.0. The number of para-hydroxylation sites is 1. The van der Waals surface area contributed by atoms with Crippen molar-refractivity contribution in [3.05, 3.63) is 131 Å². The van der Waals surface area contributed by atoms with Crippen LogP contribution in [0.15, 0.2) is 85.1 Å². The molecule has 0 bridgehead atoms. The molecule has 0 radical (unpaired) electrons. The molecule has 4 aromatic carbocycles. The van der Waals surface area contributed by atoms with Gasteiger partial charge in [-0.05, 0) is 96.5 Å². The smallest absolute Gasteiger partial charge is 0.509 e. The zero-order valence-electron chi connectivity index (χ0n) is 31.8. The molecule has 5 nitrogen and oxygen atoms in total. The molecule has 0 saturated carbocycles. The van der Waals surface area contributed by atoms with E-state index in [0.29, 0.717) is 17.4 Å². The minimum Gasteiger partial charge on any atom is -0.509 e. The molecule has 52 heavy (non-hydrogen) atoms. The summed E-state index contributed by atoms with van der Waals surface area (Å²) >= 11 is 0. The first kappa shape index (κ1) is 37.3. The Hall–Kier alpha value is -4.47. The third kappa shape index (κ3) is 7.13.